The molecular formula is C27H22ClN7Na4O16S5. The molecule has 33 heteroatoms. The molecule has 0 spiro atoms. The van der Waals surface area contributed by atoms with E-state index in [2.05, 4.69) is 40.0 Å². The number of phenols is 1. The second-order valence-electron chi connectivity index (χ2n) is 10.9. The number of phenolic OH excluding ortho intramolecular Hbond substituents is 1. The third-order valence-electron chi connectivity index (χ3n) is 7.01. The molecule has 60 heavy (non-hydrogen) atoms. The van der Waals surface area contributed by atoms with Gasteiger partial charge in [-0.2, -0.15) is 48.6 Å². The minimum Gasteiger partial charge on any atom is -0.505 e. The van der Waals surface area contributed by atoms with Crippen LogP contribution in [0.25, 0.3) is 10.8 Å². The van der Waals surface area contributed by atoms with E-state index in [1.807, 2.05) is 0 Å². The molecule has 0 aliphatic carbocycles. The van der Waals surface area contributed by atoms with Crippen molar-refractivity contribution in [1.82, 2.24) is 15.0 Å². The first kappa shape index (κ1) is 57.0. The van der Waals surface area contributed by atoms with Crippen LogP contribution in [0.15, 0.2) is 96.5 Å². The Labute approximate surface area is 434 Å². The zero-order chi connectivity index (χ0) is 41.4. The molecule has 7 N–H and O–H groups in total. The van der Waals surface area contributed by atoms with E-state index in [4.69, 9.17) is 16.2 Å². The van der Waals surface area contributed by atoms with Crippen molar-refractivity contribution in [2.45, 2.75) is 19.6 Å². The monoisotopic (exact) mass is 987 g/mol. The van der Waals surface area contributed by atoms with Gasteiger partial charge in [-0.05, 0) is 83.7 Å². The van der Waals surface area contributed by atoms with Gasteiger partial charge >= 0.3 is 10.4 Å². The van der Waals surface area contributed by atoms with Crippen LogP contribution >= 0.6 is 11.6 Å². The van der Waals surface area contributed by atoms with Crippen LogP contribution < -0.4 is 10.6 Å². The third-order valence-corrected chi connectivity index (χ3v) is 12.0. The molecule has 1 aromatic heterocycles. The van der Waals surface area contributed by atoms with Gasteiger partial charge in [0.1, 0.15) is 21.2 Å². The molecule has 302 valence electrons. The first-order valence-electron chi connectivity index (χ1n) is 14.5. The number of nitrogens with one attached hydrogen (secondary N) is 2. The Balaban J connectivity index is 0.00000450. The summed E-state index contributed by atoms with van der Waals surface area (Å²) < 4.78 is 159. The SMILES string of the molecule is O=S(=O)(O)OCCS(=O)(=O)c1ccc(Nc2nc(Cl)nc(Nc3ccc4c(O)c(N=Nc5cc(S(=O)(=O)O)ccc5S(=O)(=O)O)c(S(=O)(=O)O)cc4c3)n2)cc1.[Na].[Na].[Na].[Na]. The molecule has 5 aromatic rings. The number of azo groups is 1. The molecule has 0 aliphatic rings. The summed E-state index contributed by atoms with van der Waals surface area (Å²) in [5, 5.41) is 23.1. The quantitative estimate of drug-likeness (QED) is 0.0476. The number of rotatable bonds is 14. The molecule has 0 saturated carbocycles. The standard InChI is InChI=1S/C27H22ClN7O16S5.4Na/c28-25-31-26(29-15-1-4-17(5-2-15)52(37,38)10-9-51-56(48,49)50)33-27(32-25)30-16-3-7-19-14(11-16)12-22(55(45,46)47)23(24(19)36)35-34-20-13-18(53(39,40)41)6-8-21(20)54(42,43)44;;;;/h1-8,11-13,36H,9-10H2,(H,39,40,41)(H,42,43,44)(H,45,46,47)(H,48,49,50)(H2,29,30,31,32,33);;;;. The van der Waals surface area contributed by atoms with Gasteiger partial charge in [-0.25, -0.2) is 12.6 Å². The summed E-state index contributed by atoms with van der Waals surface area (Å²) >= 11 is 6.06. The van der Waals surface area contributed by atoms with E-state index in [1.165, 1.54) is 42.5 Å². The smallest absolute Gasteiger partial charge is 0.397 e. The number of halogens is 1. The van der Waals surface area contributed by atoms with Crippen molar-refractivity contribution in [2.24, 2.45) is 10.2 Å². The van der Waals surface area contributed by atoms with Crippen molar-refractivity contribution in [3.05, 3.63) is 72.0 Å². The Morgan fingerprint density at radius 3 is 1.68 bits per heavy atom. The summed E-state index contributed by atoms with van der Waals surface area (Å²) in [4.78, 5) is 8.88. The Morgan fingerprint density at radius 1 is 0.617 bits per heavy atom. The Kier molecular flexibility index (Phi) is 21.1. The normalized spacial score (nSPS) is 12.1. The summed E-state index contributed by atoms with van der Waals surface area (Å²) in [6, 6.07) is 11.4. The second kappa shape index (κ2) is 22.3. The number of fused-ring (bicyclic) bond motifs is 1. The summed E-state index contributed by atoms with van der Waals surface area (Å²) in [5.74, 6) is -2.00. The van der Waals surface area contributed by atoms with Gasteiger partial charge < -0.3 is 15.7 Å². The van der Waals surface area contributed by atoms with Gasteiger partial charge in [0.15, 0.2) is 15.6 Å². The Hall–Kier alpha value is -1.01. The fourth-order valence-corrected chi connectivity index (χ4v) is 8.02. The molecule has 4 aromatic carbocycles. The fraction of sp³-hybridized carbons (Fsp3) is 0.0741. The van der Waals surface area contributed by atoms with Gasteiger partial charge in [0.05, 0.1) is 22.2 Å². The van der Waals surface area contributed by atoms with Crippen molar-refractivity contribution in [1.29, 1.82) is 0 Å². The number of aromatic nitrogens is 3. The largest absolute Gasteiger partial charge is 0.505 e. The number of sulfone groups is 1. The van der Waals surface area contributed by atoms with Crippen molar-refractivity contribution in [2.75, 3.05) is 23.0 Å². The molecule has 4 radical (unpaired) electrons. The zero-order valence-corrected chi connectivity index (χ0v) is 44.0. The molecule has 0 bridgehead atoms. The molecule has 0 fully saturated rings. The van der Waals surface area contributed by atoms with Crippen molar-refractivity contribution >= 4 is 226 Å². The van der Waals surface area contributed by atoms with Crippen LogP contribution in [0.2, 0.25) is 5.28 Å². The van der Waals surface area contributed by atoms with E-state index in [0.717, 1.165) is 6.07 Å². The molecule has 0 unspecified atom stereocenters. The third kappa shape index (κ3) is 15.3. The van der Waals surface area contributed by atoms with E-state index in [0.29, 0.717) is 18.2 Å². The van der Waals surface area contributed by atoms with Gasteiger partial charge in [-0.15, -0.1) is 10.2 Å². The second-order valence-corrected chi connectivity index (χ2v) is 18.6. The maximum Gasteiger partial charge on any atom is 0.397 e. The van der Waals surface area contributed by atoms with E-state index < -0.39 is 94.8 Å². The maximum atomic E-state index is 12.4. The summed E-state index contributed by atoms with van der Waals surface area (Å²) in [7, 11) is -24.1. The van der Waals surface area contributed by atoms with Gasteiger partial charge in [0.25, 0.3) is 30.4 Å². The Morgan fingerprint density at radius 2 is 1.15 bits per heavy atom. The first-order chi connectivity index (χ1) is 25.8. The van der Waals surface area contributed by atoms with Crippen molar-refractivity contribution in [3.63, 3.8) is 0 Å². The molecule has 5 rings (SSSR count). The maximum absolute atomic E-state index is 12.4. The zero-order valence-electron chi connectivity index (χ0n) is 31.1. The number of aromatic hydroxyl groups is 1. The average molecular weight is 988 g/mol. The molecule has 1 heterocycles. The number of hydrogen-bond acceptors (Lipinski definition) is 19. The van der Waals surface area contributed by atoms with Crippen LogP contribution in [0, 0.1) is 0 Å². The average Bonchev–Trinajstić information content (AvgIpc) is 3.05. The van der Waals surface area contributed by atoms with E-state index in [9.17, 15) is 60.9 Å². The molecule has 0 saturated heterocycles. The molecule has 0 aliphatic heterocycles. The van der Waals surface area contributed by atoms with Crippen LogP contribution in [0.4, 0.5) is 34.6 Å². The van der Waals surface area contributed by atoms with Gasteiger partial charge in [0.2, 0.25) is 17.2 Å². The molecule has 0 amide bonds. The minimum atomic E-state index is -5.22. The number of anilines is 4. The predicted octanol–water partition coefficient (Wildman–Crippen LogP) is 2.10. The number of benzene rings is 4. The van der Waals surface area contributed by atoms with Crippen LogP contribution in [0.1, 0.15) is 0 Å². The van der Waals surface area contributed by atoms with Crippen LogP contribution in [-0.2, 0) is 54.8 Å². The van der Waals surface area contributed by atoms with Crippen LogP contribution in [-0.4, -0.2) is 211 Å². The molecule has 0 atom stereocenters. The van der Waals surface area contributed by atoms with Crippen LogP contribution in [0.3, 0.4) is 0 Å². The molecular weight excluding hydrogens is 966 g/mol. The van der Waals surface area contributed by atoms with E-state index in [-0.39, 0.29) is 162 Å². The van der Waals surface area contributed by atoms with Crippen LogP contribution in [0.5, 0.6) is 5.75 Å². The first-order valence-corrected chi connectivity index (χ1v) is 22.2. The topological polar surface area (TPSA) is 369 Å². The molecule has 23 nitrogen and oxygen atoms in total. The predicted molar refractivity (Wildman–Crippen MR) is 216 cm³/mol. The van der Waals surface area contributed by atoms with Crippen molar-refractivity contribution in [3.8, 4) is 5.75 Å². The number of nitrogens with zero attached hydrogens (tertiary/aromatic N) is 5. The van der Waals surface area contributed by atoms with Crippen molar-refractivity contribution < 1.29 is 69.6 Å². The van der Waals surface area contributed by atoms with E-state index in [1.54, 1.807) is 0 Å². The van der Waals surface area contributed by atoms with Gasteiger partial charge in [-0.3, -0.25) is 18.2 Å². The summed E-state index contributed by atoms with van der Waals surface area (Å²) in [5.41, 5.74) is -1.43. The summed E-state index contributed by atoms with van der Waals surface area (Å²) in [6.07, 6.45) is 0. The van der Waals surface area contributed by atoms with E-state index >= 15 is 0 Å². The van der Waals surface area contributed by atoms with Gasteiger partial charge in [0, 0.05) is 135 Å². The number of hydrogen-bond donors (Lipinski definition) is 7. The van der Waals surface area contributed by atoms with Gasteiger partial charge in [-0.1, -0.05) is 0 Å². The summed E-state index contributed by atoms with van der Waals surface area (Å²) in [6.45, 7) is -0.824. The minimum absolute atomic E-state index is 0. The Bertz CT molecular complexity index is 3010. The fourth-order valence-electron chi connectivity index (χ4n) is 4.61.